The van der Waals surface area contributed by atoms with Crippen molar-refractivity contribution in [1.82, 2.24) is 15.2 Å². The zero-order chi connectivity index (χ0) is 11.5. The van der Waals surface area contributed by atoms with Gasteiger partial charge in [-0.25, -0.2) is 4.98 Å². The predicted octanol–water partition coefficient (Wildman–Crippen LogP) is 1.21. The van der Waals surface area contributed by atoms with Gasteiger partial charge in [0.05, 0.1) is 5.69 Å². The topological polar surface area (TPSA) is 45.2 Å². The van der Waals surface area contributed by atoms with Gasteiger partial charge in [-0.3, -0.25) is 4.79 Å². The maximum absolute atomic E-state index is 11.8. The minimum absolute atomic E-state index is 0.0418. The van der Waals surface area contributed by atoms with Crippen LogP contribution in [0.3, 0.4) is 0 Å². The van der Waals surface area contributed by atoms with E-state index in [2.05, 4.69) is 10.3 Å². The molecular weight excluding hydrogens is 202 g/mol. The van der Waals surface area contributed by atoms with Gasteiger partial charge in [0.15, 0.2) is 0 Å². The third-order valence-corrected chi connectivity index (χ3v) is 2.81. The molecule has 1 saturated heterocycles. The van der Waals surface area contributed by atoms with Gasteiger partial charge in [0, 0.05) is 20.1 Å². The lowest BCUT2D eigenvalue weighted by Gasteiger charge is -2.13. The molecule has 0 saturated carbocycles. The van der Waals surface area contributed by atoms with E-state index < -0.39 is 0 Å². The van der Waals surface area contributed by atoms with Crippen LogP contribution in [0.15, 0.2) is 18.2 Å². The number of hydrogen-bond acceptors (Lipinski definition) is 3. The monoisotopic (exact) mass is 219 g/mol. The maximum Gasteiger partial charge on any atom is 0.271 e. The standard InChI is InChI=1S/C12H17N3O/c1-15(2)12(16)11-6-3-5-10(14-11)9-7-4-8-13-9/h3,5-6,9,13H,4,7-8H2,1-2H3/t9-/m1/s1. The minimum atomic E-state index is -0.0418. The third-order valence-electron chi connectivity index (χ3n) is 2.81. The summed E-state index contributed by atoms with van der Waals surface area (Å²) in [5.74, 6) is -0.0418. The first-order valence-corrected chi connectivity index (χ1v) is 5.60. The minimum Gasteiger partial charge on any atom is -0.343 e. The van der Waals surface area contributed by atoms with E-state index in [9.17, 15) is 4.79 Å². The van der Waals surface area contributed by atoms with Crippen molar-refractivity contribution in [2.24, 2.45) is 0 Å². The lowest BCUT2D eigenvalue weighted by molar-refractivity contribution is 0.0821. The van der Waals surface area contributed by atoms with Crippen molar-refractivity contribution in [3.63, 3.8) is 0 Å². The summed E-state index contributed by atoms with van der Waals surface area (Å²) in [5, 5.41) is 3.38. The normalized spacial score (nSPS) is 19.8. The molecule has 1 aliphatic heterocycles. The van der Waals surface area contributed by atoms with Crippen molar-refractivity contribution in [2.45, 2.75) is 18.9 Å². The third kappa shape index (κ3) is 2.22. The van der Waals surface area contributed by atoms with Crippen LogP contribution in [0.2, 0.25) is 0 Å². The van der Waals surface area contributed by atoms with Crippen LogP contribution < -0.4 is 5.32 Å². The van der Waals surface area contributed by atoms with E-state index in [-0.39, 0.29) is 5.91 Å². The zero-order valence-electron chi connectivity index (χ0n) is 9.73. The molecule has 1 aromatic heterocycles. The second-order valence-corrected chi connectivity index (χ2v) is 4.30. The number of carbonyl (C=O) groups is 1. The highest BCUT2D eigenvalue weighted by atomic mass is 16.2. The predicted molar refractivity (Wildman–Crippen MR) is 62.2 cm³/mol. The Morgan fingerprint density at radius 3 is 2.94 bits per heavy atom. The number of aromatic nitrogens is 1. The van der Waals surface area contributed by atoms with E-state index in [0.717, 1.165) is 18.7 Å². The number of amides is 1. The number of carbonyl (C=O) groups excluding carboxylic acids is 1. The van der Waals surface area contributed by atoms with Crippen LogP contribution >= 0.6 is 0 Å². The smallest absolute Gasteiger partial charge is 0.271 e. The van der Waals surface area contributed by atoms with Crippen molar-refractivity contribution in [1.29, 1.82) is 0 Å². The summed E-state index contributed by atoms with van der Waals surface area (Å²) in [6, 6.07) is 5.96. The van der Waals surface area contributed by atoms with Gasteiger partial charge in [-0.1, -0.05) is 6.07 Å². The molecule has 4 nitrogen and oxygen atoms in total. The van der Waals surface area contributed by atoms with Gasteiger partial charge in [0.2, 0.25) is 0 Å². The first-order valence-electron chi connectivity index (χ1n) is 5.60. The highest BCUT2D eigenvalue weighted by Crippen LogP contribution is 2.21. The molecule has 1 aliphatic rings. The molecule has 1 fully saturated rings. The number of rotatable bonds is 2. The molecule has 0 bridgehead atoms. The van der Waals surface area contributed by atoms with Gasteiger partial charge < -0.3 is 10.2 Å². The van der Waals surface area contributed by atoms with Crippen LogP contribution in [0, 0.1) is 0 Å². The second kappa shape index (κ2) is 4.61. The Morgan fingerprint density at radius 1 is 1.50 bits per heavy atom. The Morgan fingerprint density at radius 2 is 2.31 bits per heavy atom. The number of nitrogens with zero attached hydrogens (tertiary/aromatic N) is 2. The van der Waals surface area contributed by atoms with Crippen LogP contribution in [0.25, 0.3) is 0 Å². The summed E-state index contributed by atoms with van der Waals surface area (Å²) in [5.41, 5.74) is 1.50. The molecule has 1 N–H and O–H groups in total. The molecule has 16 heavy (non-hydrogen) atoms. The first kappa shape index (κ1) is 11.1. The molecule has 2 heterocycles. The lowest BCUT2D eigenvalue weighted by Crippen LogP contribution is -2.24. The summed E-state index contributed by atoms with van der Waals surface area (Å²) < 4.78 is 0. The molecule has 86 valence electrons. The van der Waals surface area contributed by atoms with Gasteiger partial charge in [-0.2, -0.15) is 0 Å². The maximum atomic E-state index is 11.8. The number of nitrogens with one attached hydrogen (secondary N) is 1. The van der Waals surface area contributed by atoms with Crippen LogP contribution in [-0.2, 0) is 0 Å². The second-order valence-electron chi connectivity index (χ2n) is 4.30. The molecule has 2 rings (SSSR count). The van der Waals surface area contributed by atoms with E-state index in [4.69, 9.17) is 0 Å². The highest BCUT2D eigenvalue weighted by Gasteiger charge is 2.19. The molecule has 0 spiro atoms. The molecule has 1 atom stereocenters. The van der Waals surface area contributed by atoms with E-state index in [1.807, 2.05) is 12.1 Å². The molecule has 0 aliphatic carbocycles. The SMILES string of the molecule is CN(C)C(=O)c1cccc([C@H]2CCCN2)n1. The van der Waals surface area contributed by atoms with Gasteiger partial charge in [-0.15, -0.1) is 0 Å². The number of pyridine rings is 1. The number of hydrogen-bond donors (Lipinski definition) is 1. The molecule has 1 aromatic rings. The van der Waals surface area contributed by atoms with E-state index in [0.29, 0.717) is 11.7 Å². The van der Waals surface area contributed by atoms with Crippen LogP contribution in [-0.4, -0.2) is 36.4 Å². The molecule has 0 radical (unpaired) electrons. The zero-order valence-corrected chi connectivity index (χ0v) is 9.73. The van der Waals surface area contributed by atoms with Crippen LogP contribution in [0.4, 0.5) is 0 Å². The lowest BCUT2D eigenvalue weighted by atomic mass is 10.1. The quantitative estimate of drug-likeness (QED) is 0.813. The molecule has 4 heteroatoms. The van der Waals surface area contributed by atoms with Crippen LogP contribution in [0.5, 0.6) is 0 Å². The van der Waals surface area contributed by atoms with E-state index >= 15 is 0 Å². The van der Waals surface area contributed by atoms with E-state index in [1.165, 1.54) is 6.42 Å². The average molecular weight is 219 g/mol. The van der Waals surface area contributed by atoms with Gasteiger partial charge in [-0.05, 0) is 31.5 Å². The Hall–Kier alpha value is -1.42. The van der Waals surface area contributed by atoms with E-state index in [1.54, 1.807) is 25.1 Å². The summed E-state index contributed by atoms with van der Waals surface area (Å²) in [6.45, 7) is 1.04. The fourth-order valence-electron chi connectivity index (χ4n) is 1.93. The first-order chi connectivity index (χ1) is 7.68. The molecule has 0 unspecified atom stereocenters. The van der Waals surface area contributed by atoms with Gasteiger partial charge >= 0.3 is 0 Å². The fraction of sp³-hybridized carbons (Fsp3) is 0.500. The molecular formula is C12H17N3O. The van der Waals surface area contributed by atoms with Gasteiger partial charge in [0.25, 0.3) is 5.91 Å². The van der Waals surface area contributed by atoms with Gasteiger partial charge in [0.1, 0.15) is 5.69 Å². The average Bonchev–Trinajstić information content (AvgIpc) is 2.81. The van der Waals surface area contributed by atoms with Crippen molar-refractivity contribution < 1.29 is 4.79 Å². The van der Waals surface area contributed by atoms with Crippen molar-refractivity contribution in [2.75, 3.05) is 20.6 Å². The summed E-state index contributed by atoms with van der Waals surface area (Å²) in [6.07, 6.45) is 2.28. The Bertz CT molecular complexity index is 384. The Kier molecular flexibility index (Phi) is 3.19. The Balaban J connectivity index is 2.22. The van der Waals surface area contributed by atoms with Crippen molar-refractivity contribution in [3.05, 3.63) is 29.6 Å². The summed E-state index contributed by atoms with van der Waals surface area (Å²) >= 11 is 0. The Labute approximate surface area is 95.7 Å². The fourth-order valence-corrected chi connectivity index (χ4v) is 1.93. The summed E-state index contributed by atoms with van der Waals surface area (Å²) in [7, 11) is 3.48. The van der Waals surface area contributed by atoms with Crippen molar-refractivity contribution >= 4 is 5.91 Å². The molecule has 1 amide bonds. The summed E-state index contributed by atoms with van der Waals surface area (Å²) in [4.78, 5) is 17.7. The largest absolute Gasteiger partial charge is 0.343 e. The van der Waals surface area contributed by atoms with Crippen molar-refractivity contribution in [3.8, 4) is 0 Å². The van der Waals surface area contributed by atoms with Crippen LogP contribution in [0.1, 0.15) is 35.1 Å². The molecule has 0 aromatic carbocycles. The highest BCUT2D eigenvalue weighted by molar-refractivity contribution is 5.91.